The largest absolute Gasteiger partial charge is 0.457 e. The van der Waals surface area contributed by atoms with Crippen molar-refractivity contribution in [3.63, 3.8) is 0 Å². The number of aromatic nitrogens is 1. The summed E-state index contributed by atoms with van der Waals surface area (Å²) in [4.78, 5) is 13.2. The fraction of sp³-hybridized carbons (Fsp3) is 0.0273. The first-order chi connectivity index (χ1) is 55.8. The predicted octanol–water partition coefficient (Wildman–Crippen LogP) is 29.9. The van der Waals surface area contributed by atoms with Gasteiger partial charge in [0.15, 0.2) is 5.78 Å². The SMILES string of the molecule is CC1(C)c2ccccc2Oc2ccc(-c3c4ccccc4c(-c4ccccc4)c4ccccc34)cc21.O=C1c2ccccc2-c2ccc(-c3c4ccccc4c(-c4ccccc4)c4ccccc34)cc21.c1ccc(-c2c3ccccc3c(-c3cc4c5ccccc5n(-c5ccccc5)c4c4ccccc34)c3ccccc23)cc1. The minimum atomic E-state index is -0.157. The smallest absolute Gasteiger partial charge is 0.194 e. The number of fused-ring (bicyclic) bond motifs is 16. The van der Waals surface area contributed by atoms with Crippen LogP contribution in [0.25, 0.3) is 181 Å². The first-order valence-electron chi connectivity index (χ1n) is 39.0. The van der Waals surface area contributed by atoms with Crippen molar-refractivity contribution in [1.29, 1.82) is 0 Å². The van der Waals surface area contributed by atoms with Gasteiger partial charge < -0.3 is 9.30 Å². The second kappa shape index (κ2) is 27.3. The summed E-state index contributed by atoms with van der Waals surface area (Å²) in [7, 11) is 0. The van der Waals surface area contributed by atoms with Crippen LogP contribution in [0.1, 0.15) is 40.9 Å². The lowest BCUT2D eigenvalue weighted by atomic mass is 9.74. The zero-order chi connectivity index (χ0) is 75.3. The number of hydrogen-bond acceptors (Lipinski definition) is 2. The molecule has 1 aromatic heterocycles. The van der Waals surface area contributed by atoms with Crippen LogP contribution in [0, 0.1) is 0 Å². The molecular weight excluding hydrogens is 1370 g/mol. The molecular formula is C110H73NO2. The number of nitrogens with zero attached hydrogens (tertiary/aromatic N) is 1. The molecule has 0 saturated carbocycles. The third kappa shape index (κ3) is 10.9. The Morgan fingerprint density at radius 1 is 0.221 bits per heavy atom. The average molecular weight is 1440 g/mol. The van der Waals surface area contributed by atoms with Gasteiger partial charge in [-0.25, -0.2) is 0 Å². The quantitative estimate of drug-likeness (QED) is 0.149. The summed E-state index contributed by atoms with van der Waals surface area (Å²) in [5, 5.41) is 20.1. The van der Waals surface area contributed by atoms with E-state index in [4.69, 9.17) is 4.74 Å². The van der Waals surface area contributed by atoms with Crippen LogP contribution in [-0.2, 0) is 5.41 Å². The third-order valence-electron chi connectivity index (χ3n) is 23.7. The van der Waals surface area contributed by atoms with Gasteiger partial charge in [0.2, 0.25) is 0 Å². The molecule has 3 nitrogen and oxygen atoms in total. The predicted molar refractivity (Wildman–Crippen MR) is 476 cm³/mol. The van der Waals surface area contributed by atoms with Crippen LogP contribution in [0.4, 0.5) is 0 Å². The van der Waals surface area contributed by atoms with Crippen molar-refractivity contribution in [3.05, 3.63) is 429 Å². The van der Waals surface area contributed by atoms with Crippen molar-refractivity contribution >= 4 is 103 Å². The number of hydrogen-bond donors (Lipinski definition) is 0. The van der Waals surface area contributed by atoms with Gasteiger partial charge in [-0.15, -0.1) is 0 Å². The van der Waals surface area contributed by atoms with E-state index in [2.05, 4.69) is 395 Å². The number of ether oxygens (including phenoxy) is 1. The molecule has 0 fully saturated rings. The Morgan fingerprint density at radius 2 is 0.558 bits per heavy atom. The van der Waals surface area contributed by atoms with Gasteiger partial charge in [-0.05, 0) is 196 Å². The van der Waals surface area contributed by atoms with Gasteiger partial charge in [0.05, 0.1) is 11.0 Å². The van der Waals surface area contributed by atoms with Crippen LogP contribution in [0.2, 0.25) is 0 Å². The molecule has 0 unspecified atom stereocenters. The highest BCUT2D eigenvalue weighted by Crippen LogP contribution is 2.53. The standard InChI is InChI=1S/C42H27N.C35H26O.C33H20O/c1-3-15-28(16-4-1)40-32-21-8-10-23-34(32)41(35-24-11-9-22-33(35)40)37-27-38-31-20-13-14-26-39(31)43(29-17-5-2-6-18-29)42(38)36-25-12-7-19-30(36)37;1-35(2)29-18-10-11-19-31(29)36-32-21-20-24(22-30(32)35)34-27-16-8-6-14-25(27)33(23-12-4-3-5-13-23)26-15-7-9-17-28(26)34;34-33-29-17-9-4-12-23(29)24-19-18-22(20-30(24)33)32-27-15-7-5-13-25(27)31(21-10-2-1-3-11-21)26-14-6-8-16-28(26)32/h1-27H;3-22H,1-2H3;1-20H. The minimum absolute atomic E-state index is 0.113. The molecule has 2 heterocycles. The fourth-order valence-corrected chi connectivity index (χ4v) is 18.7. The molecule has 0 spiro atoms. The molecule has 1 aliphatic carbocycles. The Balaban J connectivity index is 0.000000108. The van der Waals surface area contributed by atoms with Crippen molar-refractivity contribution in [2.45, 2.75) is 19.3 Å². The Kier molecular flexibility index (Phi) is 16.1. The second-order valence-corrected chi connectivity index (χ2v) is 30.2. The van der Waals surface area contributed by atoms with E-state index in [1.54, 1.807) is 0 Å². The van der Waals surface area contributed by atoms with Crippen LogP contribution in [0.3, 0.4) is 0 Å². The summed E-state index contributed by atoms with van der Waals surface area (Å²) in [5.41, 5.74) is 24.4. The van der Waals surface area contributed by atoms with Crippen molar-refractivity contribution in [2.75, 3.05) is 0 Å². The van der Waals surface area contributed by atoms with E-state index in [1.807, 2.05) is 30.3 Å². The molecule has 530 valence electrons. The van der Waals surface area contributed by atoms with E-state index in [-0.39, 0.29) is 11.2 Å². The normalized spacial score (nSPS) is 12.5. The maximum atomic E-state index is 13.2. The fourth-order valence-electron chi connectivity index (χ4n) is 18.7. The topological polar surface area (TPSA) is 31.2 Å². The summed E-state index contributed by atoms with van der Waals surface area (Å²) in [6, 6.07) is 145. The van der Waals surface area contributed by atoms with Gasteiger partial charge >= 0.3 is 0 Å². The minimum Gasteiger partial charge on any atom is -0.457 e. The number of benzene rings is 20. The molecule has 23 rings (SSSR count). The number of carbonyl (C=O) groups is 1. The van der Waals surface area contributed by atoms with Gasteiger partial charge in [0.1, 0.15) is 11.5 Å². The first kappa shape index (κ1) is 66.7. The molecule has 1 aliphatic heterocycles. The molecule has 0 amide bonds. The van der Waals surface area contributed by atoms with Gasteiger partial charge in [0.25, 0.3) is 0 Å². The summed E-state index contributed by atoms with van der Waals surface area (Å²) in [5.74, 6) is 2.00. The van der Waals surface area contributed by atoms with Gasteiger partial charge in [-0.1, -0.05) is 372 Å². The highest BCUT2D eigenvalue weighted by molar-refractivity contribution is 6.30. The average Bonchev–Trinajstić information content (AvgIpc) is 1.66. The number of rotatable bonds is 7. The second-order valence-electron chi connectivity index (χ2n) is 30.2. The van der Waals surface area contributed by atoms with Crippen molar-refractivity contribution in [3.8, 4) is 95.1 Å². The molecule has 21 aromatic rings. The van der Waals surface area contributed by atoms with Gasteiger partial charge in [0, 0.05) is 49.5 Å². The monoisotopic (exact) mass is 1440 g/mol. The maximum absolute atomic E-state index is 13.2. The van der Waals surface area contributed by atoms with Crippen molar-refractivity contribution in [1.82, 2.24) is 4.57 Å². The van der Waals surface area contributed by atoms with E-state index in [9.17, 15) is 4.79 Å². The first-order valence-corrected chi connectivity index (χ1v) is 39.0. The van der Waals surface area contributed by atoms with E-state index in [1.165, 1.54) is 175 Å². The van der Waals surface area contributed by atoms with E-state index < -0.39 is 0 Å². The molecule has 0 atom stereocenters. The van der Waals surface area contributed by atoms with Crippen LogP contribution in [0.5, 0.6) is 11.5 Å². The third-order valence-corrected chi connectivity index (χ3v) is 23.7. The summed E-state index contributed by atoms with van der Waals surface area (Å²) < 4.78 is 8.79. The van der Waals surface area contributed by atoms with Crippen molar-refractivity contribution < 1.29 is 9.53 Å². The Morgan fingerprint density at radius 3 is 1.04 bits per heavy atom. The maximum Gasteiger partial charge on any atom is 0.194 e. The molecule has 0 radical (unpaired) electrons. The summed E-state index contributed by atoms with van der Waals surface area (Å²) >= 11 is 0. The van der Waals surface area contributed by atoms with Gasteiger partial charge in [-0.2, -0.15) is 0 Å². The zero-order valence-electron chi connectivity index (χ0n) is 62.4. The van der Waals surface area contributed by atoms with Crippen LogP contribution in [0.15, 0.2) is 406 Å². The van der Waals surface area contributed by atoms with Crippen LogP contribution < -0.4 is 4.74 Å². The number of ketones is 1. The van der Waals surface area contributed by atoms with E-state index in [0.29, 0.717) is 0 Å². The summed E-state index contributed by atoms with van der Waals surface area (Å²) in [6.07, 6.45) is 0. The lowest BCUT2D eigenvalue weighted by Gasteiger charge is -2.35. The lowest BCUT2D eigenvalue weighted by molar-refractivity contribution is 0.104. The summed E-state index contributed by atoms with van der Waals surface area (Å²) in [6.45, 7) is 4.59. The van der Waals surface area contributed by atoms with E-state index in [0.717, 1.165) is 39.3 Å². The molecule has 3 heteroatoms. The molecule has 2 aliphatic rings. The zero-order valence-corrected chi connectivity index (χ0v) is 62.4. The Bertz CT molecular complexity index is 7250. The molecule has 20 aromatic carbocycles. The van der Waals surface area contributed by atoms with Crippen LogP contribution >= 0.6 is 0 Å². The lowest BCUT2D eigenvalue weighted by Crippen LogP contribution is -2.24. The van der Waals surface area contributed by atoms with Crippen LogP contribution in [-0.4, -0.2) is 10.4 Å². The molecule has 0 saturated heterocycles. The number of para-hydroxylation sites is 3. The molecule has 0 N–H and O–H groups in total. The highest BCUT2D eigenvalue weighted by atomic mass is 16.5. The molecule has 113 heavy (non-hydrogen) atoms. The Labute approximate surface area is 655 Å². The highest BCUT2D eigenvalue weighted by Gasteiger charge is 2.35. The number of carbonyl (C=O) groups excluding carboxylic acids is 1. The molecule has 0 bridgehead atoms. The van der Waals surface area contributed by atoms with Gasteiger partial charge in [-0.3, -0.25) is 4.79 Å². The van der Waals surface area contributed by atoms with E-state index >= 15 is 0 Å². The Hall–Kier alpha value is -14.5. The van der Waals surface area contributed by atoms with Crippen molar-refractivity contribution in [2.24, 2.45) is 0 Å².